The number of aliphatic hydroxyl groups is 2. The molecule has 0 aromatic carbocycles. The van der Waals surface area contributed by atoms with Gasteiger partial charge in [-0.3, -0.25) is 0 Å². The van der Waals surface area contributed by atoms with E-state index in [9.17, 15) is 10.2 Å². The van der Waals surface area contributed by atoms with Gasteiger partial charge in [0, 0.05) is 0 Å². The first kappa shape index (κ1) is 15.2. The molecular formula is C12H20O6S. The lowest BCUT2D eigenvalue weighted by atomic mass is 9.97. The fourth-order valence-corrected chi connectivity index (χ4v) is 2.30. The van der Waals surface area contributed by atoms with Crippen molar-refractivity contribution in [2.75, 3.05) is 13.2 Å². The van der Waals surface area contributed by atoms with Crippen LogP contribution in [0, 0.1) is 0 Å². The molecule has 2 fully saturated rings. The van der Waals surface area contributed by atoms with Crippen molar-refractivity contribution in [3.63, 3.8) is 0 Å². The van der Waals surface area contributed by atoms with Gasteiger partial charge in [0.15, 0.2) is 12.1 Å². The first-order valence-corrected chi connectivity index (χ1v) is 6.80. The molecule has 2 aliphatic rings. The van der Waals surface area contributed by atoms with Gasteiger partial charge in [-0.15, -0.1) is 0 Å². The highest BCUT2D eigenvalue weighted by Gasteiger charge is 2.50. The Bertz CT molecular complexity index is 321. The fourth-order valence-electron chi connectivity index (χ4n) is 2.20. The molecule has 0 aromatic rings. The van der Waals surface area contributed by atoms with Gasteiger partial charge in [-0.25, -0.2) is 0 Å². The van der Waals surface area contributed by atoms with Gasteiger partial charge in [0.1, 0.15) is 24.4 Å². The van der Waals surface area contributed by atoms with E-state index in [1.807, 2.05) is 0 Å². The molecule has 2 aliphatic heterocycles. The van der Waals surface area contributed by atoms with Crippen LogP contribution in [0.4, 0.5) is 0 Å². The Hall–Kier alpha value is -0.150. The molecule has 0 aromatic heterocycles. The summed E-state index contributed by atoms with van der Waals surface area (Å²) in [6, 6.07) is 0. The largest absolute Gasteiger partial charge is 0.387 e. The molecule has 110 valence electrons. The van der Waals surface area contributed by atoms with E-state index < -0.39 is 36.5 Å². The Morgan fingerprint density at radius 2 is 2.11 bits per heavy atom. The smallest absolute Gasteiger partial charge is 0.186 e. The molecular weight excluding hydrogens is 272 g/mol. The predicted molar refractivity (Wildman–Crippen MR) is 69.8 cm³/mol. The van der Waals surface area contributed by atoms with Gasteiger partial charge in [-0.2, -0.15) is 0 Å². The summed E-state index contributed by atoms with van der Waals surface area (Å²) in [5.74, 6) is -0.795. The van der Waals surface area contributed by atoms with Crippen molar-refractivity contribution in [3.8, 4) is 0 Å². The van der Waals surface area contributed by atoms with E-state index in [4.69, 9.17) is 31.2 Å². The zero-order chi connectivity index (χ0) is 14.0. The molecule has 0 bridgehead atoms. The SMILES string of the molecule is CC1(C)OCC2O[C@@H](OCCC=S)[C@@H](O)C(O)[C@@H]2O1. The minimum Gasteiger partial charge on any atom is -0.387 e. The lowest BCUT2D eigenvalue weighted by Gasteiger charge is -2.48. The summed E-state index contributed by atoms with van der Waals surface area (Å²) in [5, 5.41) is 21.6. The number of aliphatic hydroxyl groups excluding tert-OH is 2. The minimum absolute atomic E-state index is 0.286. The summed E-state index contributed by atoms with van der Waals surface area (Å²) in [5.41, 5.74) is 0. The first-order chi connectivity index (χ1) is 8.94. The van der Waals surface area contributed by atoms with Crippen molar-refractivity contribution in [1.29, 1.82) is 0 Å². The van der Waals surface area contributed by atoms with E-state index in [2.05, 4.69) is 0 Å². The summed E-state index contributed by atoms with van der Waals surface area (Å²) in [6.07, 6.45) is -3.61. The molecule has 0 spiro atoms. The number of hydrogen-bond acceptors (Lipinski definition) is 7. The Balaban J connectivity index is 1.98. The van der Waals surface area contributed by atoms with Crippen molar-refractivity contribution in [2.24, 2.45) is 0 Å². The maximum atomic E-state index is 10.1. The van der Waals surface area contributed by atoms with Gasteiger partial charge in [0.25, 0.3) is 0 Å². The van der Waals surface area contributed by atoms with Crippen LogP contribution in [0.3, 0.4) is 0 Å². The van der Waals surface area contributed by atoms with Gasteiger partial charge in [-0.05, 0) is 25.6 Å². The second kappa shape index (κ2) is 6.09. The molecule has 0 radical (unpaired) electrons. The molecule has 0 aliphatic carbocycles. The summed E-state index contributed by atoms with van der Waals surface area (Å²) < 4.78 is 22.0. The van der Waals surface area contributed by atoms with E-state index in [0.29, 0.717) is 13.0 Å². The predicted octanol–water partition coefficient (Wildman–Crippen LogP) is -0.00900. The van der Waals surface area contributed by atoms with Crippen LogP contribution in [0.15, 0.2) is 0 Å². The van der Waals surface area contributed by atoms with Crippen LogP contribution in [0.2, 0.25) is 0 Å². The third kappa shape index (κ3) is 3.49. The number of rotatable bonds is 4. The highest BCUT2D eigenvalue weighted by Crippen LogP contribution is 2.32. The van der Waals surface area contributed by atoms with Gasteiger partial charge in [0.05, 0.1) is 13.2 Å². The maximum absolute atomic E-state index is 10.1. The van der Waals surface area contributed by atoms with Crippen LogP contribution in [0.25, 0.3) is 0 Å². The van der Waals surface area contributed by atoms with E-state index in [1.165, 1.54) is 0 Å². The molecule has 19 heavy (non-hydrogen) atoms. The van der Waals surface area contributed by atoms with Crippen molar-refractivity contribution < 1.29 is 29.2 Å². The molecule has 2 unspecified atom stereocenters. The van der Waals surface area contributed by atoms with Gasteiger partial charge >= 0.3 is 0 Å². The van der Waals surface area contributed by atoms with Gasteiger partial charge < -0.3 is 29.2 Å². The zero-order valence-electron chi connectivity index (χ0n) is 11.0. The van der Waals surface area contributed by atoms with Gasteiger partial charge in [-0.1, -0.05) is 12.2 Å². The quantitative estimate of drug-likeness (QED) is 0.557. The topological polar surface area (TPSA) is 77.4 Å². The van der Waals surface area contributed by atoms with Gasteiger partial charge in [0.2, 0.25) is 0 Å². The second-order valence-electron chi connectivity index (χ2n) is 5.14. The van der Waals surface area contributed by atoms with Crippen LogP contribution in [-0.4, -0.2) is 65.3 Å². The third-order valence-electron chi connectivity index (χ3n) is 3.17. The standard InChI is InChI=1S/C12H20O6S/c1-12(2)16-6-7-10(18-12)8(13)9(14)11(17-7)15-4-3-5-19/h5,7-11,13-14H,3-4,6H2,1-2H3/t7?,8?,9-,10+,11+/m0/s1. The molecule has 2 saturated heterocycles. The molecule has 0 saturated carbocycles. The number of thiocarbonyl (C=S) groups is 1. The fraction of sp³-hybridized carbons (Fsp3) is 0.917. The Labute approximate surface area is 117 Å². The molecule has 6 nitrogen and oxygen atoms in total. The van der Waals surface area contributed by atoms with E-state index in [1.54, 1.807) is 19.2 Å². The van der Waals surface area contributed by atoms with E-state index in [0.717, 1.165) is 0 Å². The normalized spacial score (nSPS) is 41.6. The lowest BCUT2D eigenvalue weighted by Crippen LogP contribution is -2.64. The van der Waals surface area contributed by atoms with Crippen molar-refractivity contribution in [2.45, 2.75) is 56.8 Å². The van der Waals surface area contributed by atoms with Crippen LogP contribution in [0.5, 0.6) is 0 Å². The summed E-state index contributed by atoms with van der Waals surface area (Å²) in [4.78, 5) is 0. The third-order valence-corrected chi connectivity index (χ3v) is 3.41. The van der Waals surface area contributed by atoms with Crippen LogP contribution in [0.1, 0.15) is 20.3 Å². The minimum atomic E-state index is -1.15. The summed E-state index contributed by atoms with van der Waals surface area (Å²) in [7, 11) is 0. The second-order valence-corrected chi connectivity index (χ2v) is 5.48. The first-order valence-electron chi connectivity index (χ1n) is 6.33. The number of fused-ring (bicyclic) bond motifs is 1. The lowest BCUT2D eigenvalue weighted by molar-refractivity contribution is -0.382. The average molecular weight is 292 g/mol. The van der Waals surface area contributed by atoms with Crippen LogP contribution >= 0.6 is 12.2 Å². The molecule has 2 heterocycles. The molecule has 2 rings (SSSR count). The van der Waals surface area contributed by atoms with E-state index in [-0.39, 0.29) is 6.61 Å². The zero-order valence-corrected chi connectivity index (χ0v) is 11.8. The summed E-state index contributed by atoms with van der Waals surface area (Å²) in [6.45, 7) is 4.13. The van der Waals surface area contributed by atoms with Crippen molar-refractivity contribution in [3.05, 3.63) is 0 Å². The molecule has 2 N–H and O–H groups in total. The molecule has 5 atom stereocenters. The van der Waals surface area contributed by atoms with E-state index >= 15 is 0 Å². The Morgan fingerprint density at radius 3 is 2.79 bits per heavy atom. The Morgan fingerprint density at radius 1 is 1.37 bits per heavy atom. The molecule has 0 amide bonds. The Kier molecular flexibility index (Phi) is 4.88. The highest BCUT2D eigenvalue weighted by atomic mass is 32.1. The monoisotopic (exact) mass is 292 g/mol. The maximum Gasteiger partial charge on any atom is 0.186 e. The van der Waals surface area contributed by atoms with Crippen LogP contribution < -0.4 is 0 Å². The van der Waals surface area contributed by atoms with Crippen molar-refractivity contribution >= 4 is 17.6 Å². The molecule has 7 heteroatoms. The van der Waals surface area contributed by atoms with Crippen molar-refractivity contribution in [1.82, 2.24) is 0 Å². The highest BCUT2D eigenvalue weighted by molar-refractivity contribution is 7.78. The summed E-state index contributed by atoms with van der Waals surface area (Å²) >= 11 is 4.69. The average Bonchev–Trinajstić information content (AvgIpc) is 2.36. The number of hydrogen-bond donors (Lipinski definition) is 2. The van der Waals surface area contributed by atoms with Crippen LogP contribution in [-0.2, 0) is 18.9 Å². The number of ether oxygens (including phenoxy) is 4.